The van der Waals surface area contributed by atoms with Crippen molar-refractivity contribution in [2.75, 3.05) is 22.1 Å². The van der Waals surface area contributed by atoms with E-state index in [1.165, 1.54) is 18.2 Å². The molecule has 160 valence electrons. The number of nitrogens with two attached hydrogens (primary N) is 2. The van der Waals surface area contributed by atoms with Crippen LogP contribution in [-0.4, -0.2) is 12.1 Å². The van der Waals surface area contributed by atoms with E-state index >= 15 is 0 Å². The molecule has 0 spiro atoms. The lowest BCUT2D eigenvalue weighted by Crippen LogP contribution is -2.17. The number of carbonyl (C=O) groups is 1. The smallest absolute Gasteiger partial charge is 0.399 e. The Bertz CT molecular complexity index is 1130. The van der Waals surface area contributed by atoms with Gasteiger partial charge in [-0.25, -0.2) is 0 Å². The molecule has 4 rings (SSSR count). The quantitative estimate of drug-likeness (QED) is 0.350. The molecular weight excluding hydrogens is 409 g/mol. The maximum Gasteiger partial charge on any atom is 0.418 e. The predicted molar refractivity (Wildman–Crippen MR) is 112 cm³/mol. The number of nitrogens with one attached hydrogen (secondary N) is 2. The number of benzene rings is 3. The number of epoxide rings is 1. The minimum absolute atomic E-state index is 0.135. The molecule has 0 aromatic heterocycles. The number of nitrogen functional groups attached to an aromatic ring is 2. The zero-order valence-corrected chi connectivity index (χ0v) is 16.1. The lowest BCUT2D eigenvalue weighted by Gasteiger charge is -2.15. The Hall–Kier alpha value is -3.72. The minimum atomic E-state index is -4.67. The third-order valence-corrected chi connectivity index (χ3v) is 4.76. The first-order valence-electron chi connectivity index (χ1n) is 9.36. The van der Waals surface area contributed by atoms with Gasteiger partial charge in [0.2, 0.25) is 0 Å². The number of alkyl halides is 3. The number of amides is 1. The molecule has 0 saturated carbocycles. The molecule has 0 radical (unpaired) electrons. The second-order valence-electron chi connectivity index (χ2n) is 7.13. The number of carbonyl (C=O) groups excluding carboxylic acids is 1. The topological polar surface area (TPSA) is 106 Å². The lowest BCUT2D eigenvalue weighted by molar-refractivity contribution is -0.137. The molecule has 1 aliphatic heterocycles. The molecule has 6 N–H and O–H groups in total. The van der Waals surface area contributed by atoms with Gasteiger partial charge in [-0.2, -0.15) is 13.2 Å². The monoisotopic (exact) mass is 428 g/mol. The van der Waals surface area contributed by atoms with Crippen LogP contribution >= 0.6 is 0 Å². The molecule has 1 amide bonds. The lowest BCUT2D eigenvalue weighted by atomic mass is 10.1. The van der Waals surface area contributed by atoms with Crippen molar-refractivity contribution in [3.05, 3.63) is 83.4 Å². The molecule has 2 unspecified atom stereocenters. The van der Waals surface area contributed by atoms with Crippen LogP contribution in [0.25, 0.3) is 0 Å². The molecule has 9 heteroatoms. The number of hydrogen-bond donors (Lipinski definition) is 4. The van der Waals surface area contributed by atoms with Crippen LogP contribution in [0.4, 0.5) is 35.9 Å². The Morgan fingerprint density at radius 3 is 2.32 bits per heavy atom. The molecule has 1 heterocycles. The standard InChI is InChI=1S/C22H19F3N4O2/c23-22(24,25)17-10-13(20(30)28-16-6-2-5-15(27)11-16)7-8-18(17)29-21-19(31-21)12-3-1-4-14(26)9-12/h1-11,19,21,29H,26-27H2,(H,28,30). The highest BCUT2D eigenvalue weighted by molar-refractivity contribution is 6.04. The number of ether oxygens (including phenoxy) is 1. The van der Waals surface area contributed by atoms with Crippen LogP contribution < -0.4 is 22.1 Å². The van der Waals surface area contributed by atoms with Crippen LogP contribution in [0.15, 0.2) is 66.7 Å². The van der Waals surface area contributed by atoms with Crippen LogP contribution in [0.2, 0.25) is 0 Å². The summed E-state index contributed by atoms with van der Waals surface area (Å²) in [6.07, 6.45) is -5.71. The van der Waals surface area contributed by atoms with E-state index in [0.29, 0.717) is 17.1 Å². The summed E-state index contributed by atoms with van der Waals surface area (Å²) in [5, 5.41) is 5.29. The summed E-state index contributed by atoms with van der Waals surface area (Å²) in [5.41, 5.74) is 12.2. The molecule has 1 fully saturated rings. The van der Waals surface area contributed by atoms with E-state index in [1.54, 1.807) is 42.5 Å². The van der Waals surface area contributed by atoms with Gasteiger partial charge in [-0.1, -0.05) is 18.2 Å². The van der Waals surface area contributed by atoms with Gasteiger partial charge in [0.1, 0.15) is 6.10 Å². The Kier molecular flexibility index (Phi) is 5.20. The summed E-state index contributed by atoms with van der Waals surface area (Å²) in [6, 6.07) is 16.7. The summed E-state index contributed by atoms with van der Waals surface area (Å²) in [6.45, 7) is 0. The van der Waals surface area contributed by atoms with Gasteiger partial charge in [0.25, 0.3) is 5.91 Å². The van der Waals surface area contributed by atoms with Gasteiger partial charge >= 0.3 is 6.18 Å². The second-order valence-corrected chi connectivity index (χ2v) is 7.13. The van der Waals surface area contributed by atoms with E-state index in [4.69, 9.17) is 16.2 Å². The fourth-order valence-electron chi connectivity index (χ4n) is 3.23. The van der Waals surface area contributed by atoms with Gasteiger partial charge in [-0.15, -0.1) is 0 Å². The van der Waals surface area contributed by atoms with E-state index in [0.717, 1.165) is 11.6 Å². The largest absolute Gasteiger partial charge is 0.418 e. The van der Waals surface area contributed by atoms with Gasteiger partial charge in [-0.3, -0.25) is 4.79 Å². The molecular formula is C22H19F3N4O2. The van der Waals surface area contributed by atoms with Crippen molar-refractivity contribution >= 4 is 28.7 Å². The van der Waals surface area contributed by atoms with Crippen LogP contribution in [0.3, 0.4) is 0 Å². The maximum absolute atomic E-state index is 13.7. The third-order valence-electron chi connectivity index (χ3n) is 4.76. The number of halogens is 3. The van der Waals surface area contributed by atoms with E-state index in [1.807, 2.05) is 0 Å². The number of hydrogen-bond acceptors (Lipinski definition) is 5. The molecule has 1 aliphatic rings. The SMILES string of the molecule is Nc1cccc(NC(=O)c2ccc(NC3OC3c3cccc(N)c3)c(C(F)(F)F)c2)c1. The molecule has 3 aromatic carbocycles. The Labute approximate surface area is 176 Å². The van der Waals surface area contributed by atoms with Crippen molar-refractivity contribution in [3.63, 3.8) is 0 Å². The summed E-state index contributed by atoms with van der Waals surface area (Å²) < 4.78 is 46.5. The van der Waals surface area contributed by atoms with Crippen LogP contribution in [0.1, 0.15) is 27.6 Å². The average Bonchev–Trinajstić information content (AvgIpc) is 3.46. The molecule has 6 nitrogen and oxygen atoms in total. The maximum atomic E-state index is 13.7. The molecule has 0 bridgehead atoms. The van der Waals surface area contributed by atoms with Crippen molar-refractivity contribution in [1.29, 1.82) is 0 Å². The summed E-state index contributed by atoms with van der Waals surface area (Å²) >= 11 is 0. The van der Waals surface area contributed by atoms with Crippen LogP contribution in [0.5, 0.6) is 0 Å². The van der Waals surface area contributed by atoms with E-state index in [-0.39, 0.29) is 11.3 Å². The number of anilines is 4. The molecule has 0 aliphatic carbocycles. The third kappa shape index (κ3) is 4.72. The highest BCUT2D eigenvalue weighted by Gasteiger charge is 2.42. The highest BCUT2D eigenvalue weighted by atomic mass is 19.4. The number of rotatable bonds is 5. The Morgan fingerprint density at radius 1 is 0.935 bits per heavy atom. The zero-order valence-electron chi connectivity index (χ0n) is 16.1. The molecule has 2 atom stereocenters. The minimum Gasteiger partial charge on any atom is -0.399 e. The predicted octanol–water partition coefficient (Wildman–Crippen LogP) is 4.63. The van der Waals surface area contributed by atoms with Crippen LogP contribution in [0, 0.1) is 0 Å². The van der Waals surface area contributed by atoms with Crippen LogP contribution in [-0.2, 0) is 10.9 Å². The summed E-state index contributed by atoms with van der Waals surface area (Å²) in [5.74, 6) is -0.678. The van der Waals surface area contributed by atoms with Crippen molar-refractivity contribution in [1.82, 2.24) is 0 Å². The first-order chi connectivity index (χ1) is 14.7. The van der Waals surface area contributed by atoms with E-state index < -0.39 is 30.0 Å². The first-order valence-corrected chi connectivity index (χ1v) is 9.36. The van der Waals surface area contributed by atoms with Crippen molar-refractivity contribution in [2.45, 2.75) is 18.5 Å². The zero-order chi connectivity index (χ0) is 22.2. The van der Waals surface area contributed by atoms with Gasteiger partial charge in [0.05, 0.1) is 5.56 Å². The normalized spacial score (nSPS) is 17.8. The molecule has 31 heavy (non-hydrogen) atoms. The summed E-state index contributed by atoms with van der Waals surface area (Å²) in [7, 11) is 0. The van der Waals surface area contributed by atoms with Crippen molar-refractivity contribution in [2.24, 2.45) is 0 Å². The van der Waals surface area contributed by atoms with Gasteiger partial charge < -0.3 is 26.8 Å². The Balaban J connectivity index is 1.53. The Morgan fingerprint density at radius 2 is 1.65 bits per heavy atom. The van der Waals surface area contributed by atoms with Crippen molar-refractivity contribution in [3.8, 4) is 0 Å². The van der Waals surface area contributed by atoms with Gasteiger partial charge in [0.15, 0.2) is 6.23 Å². The van der Waals surface area contributed by atoms with Gasteiger partial charge in [0, 0.05) is 28.3 Å². The first kappa shape index (κ1) is 20.5. The molecule has 1 saturated heterocycles. The van der Waals surface area contributed by atoms with Gasteiger partial charge in [-0.05, 0) is 54.1 Å². The second kappa shape index (κ2) is 7.84. The molecule has 3 aromatic rings. The summed E-state index contributed by atoms with van der Waals surface area (Å²) in [4.78, 5) is 12.4. The average molecular weight is 428 g/mol. The van der Waals surface area contributed by atoms with E-state index in [9.17, 15) is 18.0 Å². The van der Waals surface area contributed by atoms with Crippen molar-refractivity contribution < 1.29 is 22.7 Å². The highest BCUT2D eigenvalue weighted by Crippen LogP contribution is 2.42. The fraction of sp³-hybridized carbons (Fsp3) is 0.136. The fourth-order valence-corrected chi connectivity index (χ4v) is 3.23. The van der Waals surface area contributed by atoms with E-state index in [2.05, 4.69) is 10.6 Å².